The normalized spacial score (nSPS) is 10.6. The molecule has 7 heteroatoms. The van der Waals surface area contributed by atoms with Gasteiger partial charge in [-0.25, -0.2) is 0 Å². The van der Waals surface area contributed by atoms with E-state index in [1.54, 1.807) is 11.7 Å². The summed E-state index contributed by atoms with van der Waals surface area (Å²) >= 11 is 3.45. The number of ether oxygens (including phenoxy) is 2. The Bertz CT molecular complexity index is 468. The smallest absolute Gasteiger partial charge is 0.320 e. The number of nitrogens with zero attached hydrogens (tertiary/aromatic N) is 2. The second kappa shape index (κ2) is 6.70. The zero-order valence-electron chi connectivity index (χ0n) is 11.4. The van der Waals surface area contributed by atoms with Crippen molar-refractivity contribution < 1.29 is 19.1 Å². The van der Waals surface area contributed by atoms with Crippen molar-refractivity contribution in [1.82, 2.24) is 9.78 Å². The third kappa shape index (κ3) is 3.34. The van der Waals surface area contributed by atoms with E-state index in [0.717, 1.165) is 22.3 Å². The number of hydrogen-bond acceptors (Lipinski definition) is 5. The van der Waals surface area contributed by atoms with Crippen molar-refractivity contribution in [3.63, 3.8) is 0 Å². The second-order valence-electron chi connectivity index (χ2n) is 3.99. The molecule has 0 bridgehead atoms. The van der Waals surface area contributed by atoms with Crippen LogP contribution < -0.4 is 0 Å². The highest BCUT2D eigenvalue weighted by atomic mass is 79.9. The number of aromatic nitrogens is 2. The minimum atomic E-state index is -0.980. The van der Waals surface area contributed by atoms with Crippen LogP contribution in [0.4, 0.5) is 0 Å². The molecule has 106 valence electrons. The Morgan fingerprint density at radius 1 is 1.32 bits per heavy atom. The maximum atomic E-state index is 11.6. The van der Waals surface area contributed by atoms with E-state index in [2.05, 4.69) is 30.5 Å². The minimum Gasteiger partial charge on any atom is -0.468 e. The summed E-state index contributed by atoms with van der Waals surface area (Å²) in [5.74, 6) is -2.21. The molecule has 0 aliphatic rings. The van der Waals surface area contributed by atoms with Crippen LogP contribution in [0.15, 0.2) is 4.47 Å². The topological polar surface area (TPSA) is 70.4 Å². The van der Waals surface area contributed by atoms with E-state index in [4.69, 9.17) is 0 Å². The lowest BCUT2D eigenvalue weighted by atomic mass is 10.0. The number of esters is 2. The van der Waals surface area contributed by atoms with Gasteiger partial charge in [-0.3, -0.25) is 14.3 Å². The lowest BCUT2D eigenvalue weighted by molar-refractivity contribution is -0.158. The molecule has 6 nitrogen and oxygen atoms in total. The molecule has 0 atom stereocenters. The molecule has 0 saturated heterocycles. The SMILES string of the molecule is CCc1nn(C)c(CC(C(=O)OC)C(=O)OC)c1Br. The first kappa shape index (κ1) is 15.7. The van der Waals surface area contributed by atoms with Crippen molar-refractivity contribution >= 4 is 27.9 Å². The fourth-order valence-electron chi connectivity index (χ4n) is 1.78. The van der Waals surface area contributed by atoms with Gasteiger partial charge in [0, 0.05) is 13.5 Å². The molecule has 0 saturated carbocycles. The molecule has 0 spiro atoms. The molecule has 0 aromatic carbocycles. The zero-order chi connectivity index (χ0) is 14.6. The fraction of sp³-hybridized carbons (Fsp3) is 0.583. The Kier molecular flexibility index (Phi) is 5.53. The molecular formula is C12H17BrN2O4. The lowest BCUT2D eigenvalue weighted by Crippen LogP contribution is -2.29. The van der Waals surface area contributed by atoms with Crippen LogP contribution in [0.2, 0.25) is 0 Å². The van der Waals surface area contributed by atoms with E-state index in [-0.39, 0.29) is 6.42 Å². The Labute approximate surface area is 120 Å². The number of carbonyl (C=O) groups is 2. The zero-order valence-corrected chi connectivity index (χ0v) is 13.0. The Morgan fingerprint density at radius 2 is 1.84 bits per heavy atom. The van der Waals surface area contributed by atoms with Gasteiger partial charge in [0.1, 0.15) is 0 Å². The first-order valence-electron chi connectivity index (χ1n) is 5.82. The van der Waals surface area contributed by atoms with Gasteiger partial charge in [0.25, 0.3) is 0 Å². The molecule has 1 aromatic heterocycles. The van der Waals surface area contributed by atoms with Gasteiger partial charge < -0.3 is 9.47 Å². The summed E-state index contributed by atoms with van der Waals surface area (Å²) in [5.41, 5.74) is 1.64. The predicted octanol–water partition coefficient (Wildman–Crippen LogP) is 1.25. The van der Waals surface area contributed by atoms with E-state index in [1.807, 2.05) is 6.92 Å². The number of aryl methyl sites for hydroxylation is 2. The van der Waals surface area contributed by atoms with E-state index in [0.29, 0.717) is 0 Å². The minimum absolute atomic E-state index is 0.184. The molecule has 0 fully saturated rings. The molecule has 1 rings (SSSR count). The second-order valence-corrected chi connectivity index (χ2v) is 4.78. The van der Waals surface area contributed by atoms with Gasteiger partial charge in [0.05, 0.1) is 30.1 Å². The van der Waals surface area contributed by atoms with E-state index >= 15 is 0 Å². The molecule has 0 radical (unpaired) electrons. The Morgan fingerprint density at radius 3 is 2.21 bits per heavy atom. The first-order chi connectivity index (χ1) is 8.96. The van der Waals surface area contributed by atoms with Gasteiger partial charge in [-0.15, -0.1) is 0 Å². The predicted molar refractivity (Wildman–Crippen MR) is 71.5 cm³/mol. The fourth-order valence-corrected chi connectivity index (χ4v) is 2.56. The summed E-state index contributed by atoms with van der Waals surface area (Å²) in [6.07, 6.45) is 0.943. The van der Waals surface area contributed by atoms with Gasteiger partial charge in [-0.2, -0.15) is 5.10 Å². The van der Waals surface area contributed by atoms with Crippen molar-refractivity contribution in [2.45, 2.75) is 19.8 Å². The third-order valence-electron chi connectivity index (χ3n) is 2.87. The van der Waals surface area contributed by atoms with Crippen LogP contribution in [-0.2, 0) is 39.0 Å². The van der Waals surface area contributed by atoms with Crippen LogP contribution in [-0.4, -0.2) is 35.9 Å². The summed E-state index contributed by atoms with van der Waals surface area (Å²) in [6, 6.07) is 0. The highest BCUT2D eigenvalue weighted by Crippen LogP contribution is 2.24. The van der Waals surface area contributed by atoms with Gasteiger partial charge in [0.15, 0.2) is 5.92 Å². The number of hydrogen-bond donors (Lipinski definition) is 0. The van der Waals surface area contributed by atoms with Crippen molar-refractivity contribution in [2.75, 3.05) is 14.2 Å². The van der Waals surface area contributed by atoms with Gasteiger partial charge in [-0.05, 0) is 22.4 Å². The van der Waals surface area contributed by atoms with Crippen LogP contribution in [0.5, 0.6) is 0 Å². The molecule has 0 amide bonds. The summed E-state index contributed by atoms with van der Waals surface area (Å²) < 4.78 is 11.7. The lowest BCUT2D eigenvalue weighted by Gasteiger charge is -2.12. The van der Waals surface area contributed by atoms with E-state index < -0.39 is 17.9 Å². The molecular weight excluding hydrogens is 316 g/mol. The van der Waals surface area contributed by atoms with Crippen molar-refractivity contribution in [3.8, 4) is 0 Å². The standard InChI is InChI=1S/C12H17BrN2O4/c1-5-8-10(13)9(15(2)14-8)6-7(11(16)18-3)12(17)19-4/h7H,5-6H2,1-4H3. The van der Waals surface area contributed by atoms with Crippen molar-refractivity contribution in [2.24, 2.45) is 13.0 Å². The Hall–Kier alpha value is -1.37. The van der Waals surface area contributed by atoms with E-state index in [9.17, 15) is 9.59 Å². The maximum absolute atomic E-state index is 11.6. The molecule has 0 aliphatic carbocycles. The largest absolute Gasteiger partial charge is 0.468 e. The quantitative estimate of drug-likeness (QED) is 0.599. The monoisotopic (exact) mass is 332 g/mol. The molecule has 0 aliphatic heterocycles. The van der Waals surface area contributed by atoms with Crippen LogP contribution >= 0.6 is 15.9 Å². The van der Waals surface area contributed by atoms with Gasteiger partial charge in [-0.1, -0.05) is 6.92 Å². The Balaban J connectivity index is 3.06. The molecule has 0 unspecified atom stereocenters. The van der Waals surface area contributed by atoms with Crippen LogP contribution in [0.3, 0.4) is 0 Å². The van der Waals surface area contributed by atoms with Crippen LogP contribution in [0.25, 0.3) is 0 Å². The summed E-state index contributed by atoms with van der Waals surface area (Å²) in [5, 5.41) is 4.32. The van der Waals surface area contributed by atoms with Crippen molar-refractivity contribution in [1.29, 1.82) is 0 Å². The summed E-state index contributed by atoms with van der Waals surface area (Å²) in [6.45, 7) is 1.98. The average Bonchev–Trinajstić information content (AvgIpc) is 2.69. The summed E-state index contributed by atoms with van der Waals surface area (Å²) in [7, 11) is 4.26. The summed E-state index contributed by atoms with van der Waals surface area (Å²) in [4.78, 5) is 23.3. The van der Waals surface area contributed by atoms with E-state index in [1.165, 1.54) is 14.2 Å². The average molecular weight is 333 g/mol. The molecule has 19 heavy (non-hydrogen) atoms. The molecule has 0 N–H and O–H groups in total. The highest BCUT2D eigenvalue weighted by Gasteiger charge is 2.31. The number of carbonyl (C=O) groups excluding carboxylic acids is 2. The van der Waals surface area contributed by atoms with Crippen LogP contribution in [0.1, 0.15) is 18.3 Å². The number of halogens is 1. The van der Waals surface area contributed by atoms with Gasteiger partial charge in [0.2, 0.25) is 0 Å². The molecule has 1 heterocycles. The first-order valence-corrected chi connectivity index (χ1v) is 6.61. The maximum Gasteiger partial charge on any atom is 0.320 e. The number of rotatable bonds is 5. The van der Waals surface area contributed by atoms with Crippen molar-refractivity contribution in [3.05, 3.63) is 15.9 Å². The van der Waals surface area contributed by atoms with Gasteiger partial charge >= 0.3 is 11.9 Å². The molecule has 1 aromatic rings. The highest BCUT2D eigenvalue weighted by molar-refractivity contribution is 9.10. The van der Waals surface area contributed by atoms with Crippen LogP contribution in [0, 0.1) is 5.92 Å². The third-order valence-corrected chi connectivity index (χ3v) is 3.79. The number of methoxy groups -OCH3 is 2.